The molecule has 3 unspecified atom stereocenters. The van der Waals surface area contributed by atoms with Gasteiger partial charge < -0.3 is 4.74 Å². The third-order valence-corrected chi connectivity index (χ3v) is 5.74. The molecule has 1 fully saturated rings. The van der Waals surface area contributed by atoms with E-state index in [1.54, 1.807) is 6.08 Å². The fourth-order valence-corrected chi connectivity index (χ4v) is 4.30. The Morgan fingerprint density at radius 2 is 2.06 bits per heavy atom. The smallest absolute Gasteiger partial charge is 0.0884 e. The van der Waals surface area contributed by atoms with Crippen LogP contribution in [0.15, 0.2) is 22.7 Å². The van der Waals surface area contributed by atoms with Crippen molar-refractivity contribution < 1.29 is 4.74 Å². The summed E-state index contributed by atoms with van der Waals surface area (Å²) in [5.41, 5.74) is 0. The molecule has 0 radical (unpaired) electrons. The van der Waals surface area contributed by atoms with Crippen LogP contribution in [0.2, 0.25) is 0 Å². The summed E-state index contributed by atoms with van der Waals surface area (Å²) < 4.78 is 5.43. The molecule has 0 spiro atoms. The highest BCUT2D eigenvalue weighted by Crippen LogP contribution is 2.65. The van der Waals surface area contributed by atoms with Gasteiger partial charge in [-0.25, -0.2) is 0 Å². The minimum atomic E-state index is -0.637. The summed E-state index contributed by atoms with van der Waals surface area (Å²) in [6.07, 6.45) is 3.00. The first-order valence-corrected chi connectivity index (χ1v) is 6.58. The van der Waals surface area contributed by atoms with E-state index in [1.165, 1.54) is 0 Å². The number of hydrogen-bond donors (Lipinski definition) is 0. The van der Waals surface area contributed by atoms with E-state index in [9.17, 15) is 0 Å². The SMILES string of the molecule is C=CCOCC1CC2(Cl)CC1(Cl)C(Cl)=C2Cl. The van der Waals surface area contributed by atoms with Crippen LogP contribution in [-0.4, -0.2) is 23.0 Å². The molecule has 2 rings (SSSR count). The normalized spacial score (nSPS) is 41.9. The Hall–Kier alpha value is 0.600. The molecule has 0 aromatic heterocycles. The molecule has 1 saturated carbocycles. The molecule has 5 heteroatoms. The summed E-state index contributed by atoms with van der Waals surface area (Å²) >= 11 is 25.2. The fraction of sp³-hybridized carbons (Fsp3) is 0.636. The van der Waals surface area contributed by atoms with Crippen molar-refractivity contribution in [3.8, 4) is 0 Å². The second-order valence-electron chi connectivity index (χ2n) is 4.36. The van der Waals surface area contributed by atoms with Crippen molar-refractivity contribution in [1.29, 1.82) is 0 Å². The van der Waals surface area contributed by atoms with Crippen molar-refractivity contribution in [2.45, 2.75) is 22.6 Å². The molecule has 1 nitrogen and oxygen atoms in total. The van der Waals surface area contributed by atoms with Gasteiger partial charge in [-0.05, 0) is 12.8 Å². The number of hydrogen-bond acceptors (Lipinski definition) is 1. The molecule has 90 valence electrons. The van der Waals surface area contributed by atoms with E-state index in [2.05, 4.69) is 6.58 Å². The van der Waals surface area contributed by atoms with Crippen LogP contribution in [0.4, 0.5) is 0 Å². The van der Waals surface area contributed by atoms with Gasteiger partial charge in [0.15, 0.2) is 0 Å². The van der Waals surface area contributed by atoms with Gasteiger partial charge in [0.2, 0.25) is 0 Å². The highest BCUT2D eigenvalue weighted by atomic mass is 35.5. The Labute approximate surface area is 115 Å². The quantitative estimate of drug-likeness (QED) is 0.428. The van der Waals surface area contributed by atoms with Crippen LogP contribution in [0.3, 0.4) is 0 Å². The molecule has 3 atom stereocenters. The largest absolute Gasteiger partial charge is 0.377 e. The Morgan fingerprint density at radius 1 is 1.38 bits per heavy atom. The highest BCUT2D eigenvalue weighted by molar-refractivity contribution is 6.50. The zero-order valence-corrected chi connectivity index (χ0v) is 11.6. The molecular formula is C11H12Cl4O. The van der Waals surface area contributed by atoms with Gasteiger partial charge >= 0.3 is 0 Å². The average Bonchev–Trinajstić information content (AvgIpc) is 2.58. The van der Waals surface area contributed by atoms with Crippen molar-refractivity contribution in [2.75, 3.05) is 13.2 Å². The Balaban J connectivity index is 2.14. The van der Waals surface area contributed by atoms with Gasteiger partial charge in [0.25, 0.3) is 0 Å². The molecular weight excluding hydrogens is 290 g/mol. The molecule has 2 aliphatic carbocycles. The maximum atomic E-state index is 6.51. The van der Waals surface area contributed by atoms with E-state index in [1.807, 2.05) is 0 Å². The number of allylic oxidation sites excluding steroid dienone is 2. The van der Waals surface area contributed by atoms with E-state index in [0.29, 0.717) is 36.1 Å². The van der Waals surface area contributed by atoms with Gasteiger partial charge in [0, 0.05) is 5.92 Å². The fourth-order valence-electron chi connectivity index (χ4n) is 2.46. The Kier molecular flexibility index (Phi) is 3.56. The van der Waals surface area contributed by atoms with Gasteiger partial charge in [0.1, 0.15) is 0 Å². The van der Waals surface area contributed by atoms with Gasteiger partial charge in [-0.1, -0.05) is 29.3 Å². The van der Waals surface area contributed by atoms with E-state index < -0.39 is 9.75 Å². The maximum absolute atomic E-state index is 6.51. The number of rotatable bonds is 4. The molecule has 16 heavy (non-hydrogen) atoms. The Morgan fingerprint density at radius 3 is 2.56 bits per heavy atom. The first-order valence-electron chi connectivity index (χ1n) is 5.07. The third kappa shape index (κ3) is 1.81. The van der Waals surface area contributed by atoms with Crippen LogP contribution in [0.25, 0.3) is 0 Å². The highest BCUT2D eigenvalue weighted by Gasteiger charge is 2.62. The lowest BCUT2D eigenvalue weighted by Gasteiger charge is -2.29. The molecule has 0 aromatic carbocycles. The van der Waals surface area contributed by atoms with Crippen molar-refractivity contribution in [3.05, 3.63) is 22.7 Å². The zero-order valence-electron chi connectivity index (χ0n) is 8.61. The Bertz CT molecular complexity index is 354. The summed E-state index contributed by atoms with van der Waals surface area (Å²) in [7, 11) is 0. The van der Waals surface area contributed by atoms with Crippen LogP contribution in [0.5, 0.6) is 0 Å². The van der Waals surface area contributed by atoms with Crippen LogP contribution in [0.1, 0.15) is 12.8 Å². The predicted molar refractivity (Wildman–Crippen MR) is 69.6 cm³/mol. The molecule has 2 bridgehead atoms. The van der Waals surface area contributed by atoms with E-state index in [0.717, 1.165) is 0 Å². The number of ether oxygens (including phenoxy) is 1. The molecule has 0 aliphatic heterocycles. The lowest BCUT2D eigenvalue weighted by molar-refractivity contribution is 0.116. The molecule has 0 N–H and O–H groups in total. The topological polar surface area (TPSA) is 9.23 Å². The lowest BCUT2D eigenvalue weighted by Crippen LogP contribution is -2.31. The van der Waals surface area contributed by atoms with Crippen LogP contribution >= 0.6 is 46.4 Å². The summed E-state index contributed by atoms with van der Waals surface area (Å²) in [5, 5.41) is 0.995. The summed E-state index contributed by atoms with van der Waals surface area (Å²) in [5.74, 6) is 0.113. The number of halogens is 4. The van der Waals surface area contributed by atoms with Crippen molar-refractivity contribution in [3.63, 3.8) is 0 Å². The second-order valence-corrected chi connectivity index (χ2v) is 6.51. The summed E-state index contributed by atoms with van der Waals surface area (Å²) in [6.45, 7) is 4.63. The third-order valence-electron chi connectivity index (χ3n) is 3.26. The van der Waals surface area contributed by atoms with Crippen molar-refractivity contribution in [1.82, 2.24) is 0 Å². The average molecular weight is 302 g/mol. The van der Waals surface area contributed by atoms with Gasteiger partial charge in [-0.3, -0.25) is 0 Å². The maximum Gasteiger partial charge on any atom is 0.0884 e. The minimum Gasteiger partial charge on any atom is -0.377 e. The monoisotopic (exact) mass is 300 g/mol. The first kappa shape index (κ1) is 13.0. The van der Waals surface area contributed by atoms with Gasteiger partial charge in [-0.15, -0.1) is 29.8 Å². The molecule has 0 amide bonds. The predicted octanol–water partition coefficient (Wildman–Crippen LogP) is 4.26. The van der Waals surface area contributed by atoms with Gasteiger partial charge in [-0.2, -0.15) is 0 Å². The zero-order chi connectivity index (χ0) is 12.0. The summed E-state index contributed by atoms with van der Waals surface area (Å²) in [4.78, 5) is -1.22. The number of fused-ring (bicyclic) bond motifs is 2. The molecule has 0 heterocycles. The second kappa shape index (κ2) is 4.37. The molecule has 0 saturated heterocycles. The lowest BCUT2D eigenvalue weighted by atomic mass is 9.93. The standard InChI is InChI=1S/C11H12Cl4O/c1-2-3-16-5-7-4-10(14)6-11(7,15)9(13)8(10)12/h2,7H,1,3-6H2. The van der Waals surface area contributed by atoms with Crippen molar-refractivity contribution >= 4 is 46.4 Å². The minimum absolute atomic E-state index is 0.113. The molecule has 2 aliphatic rings. The van der Waals surface area contributed by atoms with Gasteiger partial charge in [0.05, 0.1) is 33.0 Å². The molecule has 0 aromatic rings. The van der Waals surface area contributed by atoms with Crippen LogP contribution in [-0.2, 0) is 4.74 Å². The van der Waals surface area contributed by atoms with Crippen LogP contribution in [0, 0.1) is 5.92 Å². The van der Waals surface area contributed by atoms with E-state index in [4.69, 9.17) is 51.1 Å². The summed E-state index contributed by atoms with van der Waals surface area (Å²) in [6, 6.07) is 0. The van der Waals surface area contributed by atoms with E-state index in [-0.39, 0.29) is 5.92 Å². The number of alkyl halides is 2. The first-order chi connectivity index (χ1) is 7.44. The van der Waals surface area contributed by atoms with Crippen LogP contribution < -0.4 is 0 Å². The van der Waals surface area contributed by atoms with Crippen molar-refractivity contribution in [2.24, 2.45) is 5.92 Å². The van der Waals surface area contributed by atoms with E-state index >= 15 is 0 Å².